The number of halogens is 2. The summed E-state index contributed by atoms with van der Waals surface area (Å²) in [7, 11) is 0. The second-order valence-electron chi connectivity index (χ2n) is 6.92. The first-order chi connectivity index (χ1) is 11.9. The van der Waals surface area contributed by atoms with Crippen LogP contribution in [0.4, 0.5) is 0 Å². The molecule has 0 radical (unpaired) electrons. The maximum Gasteiger partial charge on any atom is 0.0352 e. The van der Waals surface area contributed by atoms with Crippen molar-refractivity contribution >= 4 is 24.8 Å². The van der Waals surface area contributed by atoms with Crippen LogP contribution in [0.1, 0.15) is 35.6 Å². The summed E-state index contributed by atoms with van der Waals surface area (Å²) in [6.07, 6.45) is 5.37. The SMILES string of the molecule is C=CCC[C@H](c1ccc2c(c1)Cc1ccccc1-2)N1CCNCC1.Cl.Cl. The third-order valence-corrected chi connectivity index (χ3v) is 5.44. The van der Waals surface area contributed by atoms with E-state index in [9.17, 15) is 0 Å². The number of allylic oxidation sites excluding steroid dienone is 1. The van der Waals surface area contributed by atoms with Crippen molar-refractivity contribution in [2.75, 3.05) is 26.2 Å². The van der Waals surface area contributed by atoms with Gasteiger partial charge in [-0.2, -0.15) is 0 Å². The zero-order valence-corrected chi connectivity index (χ0v) is 16.7. The van der Waals surface area contributed by atoms with E-state index in [2.05, 4.69) is 65.3 Å². The van der Waals surface area contributed by atoms with E-state index in [1.165, 1.54) is 27.8 Å². The van der Waals surface area contributed by atoms with Gasteiger partial charge in [0.25, 0.3) is 0 Å². The lowest BCUT2D eigenvalue weighted by molar-refractivity contribution is 0.166. The normalized spacial score (nSPS) is 16.6. The van der Waals surface area contributed by atoms with Crippen LogP contribution in [-0.4, -0.2) is 31.1 Å². The summed E-state index contributed by atoms with van der Waals surface area (Å²) in [6, 6.07) is 16.5. The van der Waals surface area contributed by atoms with Gasteiger partial charge in [-0.25, -0.2) is 0 Å². The molecule has 2 aliphatic rings. The Bertz CT molecular complexity index is 739. The van der Waals surface area contributed by atoms with Crippen LogP contribution >= 0.6 is 24.8 Å². The molecule has 2 aromatic rings. The number of hydrogen-bond donors (Lipinski definition) is 1. The molecular weight excluding hydrogens is 363 g/mol. The van der Waals surface area contributed by atoms with E-state index in [-0.39, 0.29) is 24.8 Å². The van der Waals surface area contributed by atoms with Gasteiger partial charge < -0.3 is 5.32 Å². The Morgan fingerprint density at radius 1 is 1.00 bits per heavy atom. The Hall–Kier alpha value is -1.32. The number of piperazine rings is 1. The largest absolute Gasteiger partial charge is 0.314 e. The number of fused-ring (bicyclic) bond motifs is 3. The third-order valence-electron chi connectivity index (χ3n) is 5.44. The molecule has 2 aromatic carbocycles. The summed E-state index contributed by atoms with van der Waals surface area (Å²) in [6.45, 7) is 8.40. The van der Waals surface area contributed by atoms with Crippen molar-refractivity contribution in [3.63, 3.8) is 0 Å². The summed E-state index contributed by atoms with van der Waals surface area (Å²) in [5, 5.41) is 3.47. The van der Waals surface area contributed by atoms with Gasteiger partial charge in [0.05, 0.1) is 0 Å². The zero-order chi connectivity index (χ0) is 16.4. The number of nitrogens with one attached hydrogen (secondary N) is 1. The highest BCUT2D eigenvalue weighted by atomic mass is 35.5. The van der Waals surface area contributed by atoms with Crippen LogP contribution in [0.3, 0.4) is 0 Å². The first-order valence-electron chi connectivity index (χ1n) is 9.13. The fourth-order valence-electron chi connectivity index (χ4n) is 4.20. The molecule has 4 heteroatoms. The summed E-state index contributed by atoms with van der Waals surface area (Å²) in [5.41, 5.74) is 7.29. The van der Waals surface area contributed by atoms with E-state index in [1.54, 1.807) is 0 Å². The standard InChI is InChI=1S/C22H26N2.2ClH/c1-2-3-8-22(24-13-11-23-12-14-24)18-9-10-21-19(16-18)15-17-6-4-5-7-20(17)21;;/h2,4-7,9-10,16,22-23H,1,3,8,11-15H2;2*1H/t22-;;/m1../s1. The van der Waals surface area contributed by atoms with E-state index in [4.69, 9.17) is 0 Å². The number of benzene rings is 2. The summed E-state index contributed by atoms with van der Waals surface area (Å²) in [4.78, 5) is 2.64. The smallest absolute Gasteiger partial charge is 0.0352 e. The molecular formula is C22H28Cl2N2. The van der Waals surface area contributed by atoms with Gasteiger partial charge in [-0.1, -0.05) is 48.5 Å². The van der Waals surface area contributed by atoms with Crippen molar-refractivity contribution in [3.8, 4) is 11.1 Å². The maximum absolute atomic E-state index is 3.93. The van der Waals surface area contributed by atoms with E-state index in [0.29, 0.717) is 6.04 Å². The molecule has 26 heavy (non-hydrogen) atoms. The van der Waals surface area contributed by atoms with E-state index < -0.39 is 0 Å². The van der Waals surface area contributed by atoms with Crippen LogP contribution < -0.4 is 5.32 Å². The van der Waals surface area contributed by atoms with Crippen LogP contribution in [0.2, 0.25) is 0 Å². The Labute approximate surface area is 169 Å². The molecule has 0 spiro atoms. The lowest BCUT2D eigenvalue weighted by Crippen LogP contribution is -2.45. The van der Waals surface area contributed by atoms with Crippen molar-refractivity contribution in [3.05, 3.63) is 71.8 Å². The van der Waals surface area contributed by atoms with E-state index in [1.807, 2.05) is 0 Å². The molecule has 1 saturated heterocycles. The van der Waals surface area contributed by atoms with Crippen LogP contribution in [0, 0.1) is 0 Å². The Morgan fingerprint density at radius 3 is 2.50 bits per heavy atom. The minimum Gasteiger partial charge on any atom is -0.314 e. The predicted octanol–water partition coefficient (Wildman–Crippen LogP) is 5.01. The first kappa shape index (κ1) is 21.0. The third kappa shape index (κ3) is 4.15. The average Bonchev–Trinajstić information content (AvgIpc) is 3.01. The predicted molar refractivity (Wildman–Crippen MR) is 116 cm³/mol. The summed E-state index contributed by atoms with van der Waals surface area (Å²) >= 11 is 0. The molecule has 2 nitrogen and oxygen atoms in total. The highest BCUT2D eigenvalue weighted by Crippen LogP contribution is 2.38. The molecule has 1 N–H and O–H groups in total. The zero-order valence-electron chi connectivity index (χ0n) is 15.1. The average molecular weight is 391 g/mol. The second kappa shape index (κ2) is 9.57. The molecule has 0 saturated carbocycles. The molecule has 4 rings (SSSR count). The van der Waals surface area contributed by atoms with Gasteiger partial charge in [-0.05, 0) is 47.1 Å². The Morgan fingerprint density at radius 2 is 1.73 bits per heavy atom. The fourth-order valence-corrected chi connectivity index (χ4v) is 4.20. The van der Waals surface area contributed by atoms with Gasteiger partial charge in [0.1, 0.15) is 0 Å². The number of nitrogens with zero attached hydrogens (tertiary/aromatic N) is 1. The van der Waals surface area contributed by atoms with Crippen molar-refractivity contribution < 1.29 is 0 Å². The van der Waals surface area contributed by atoms with Crippen LogP contribution in [0.5, 0.6) is 0 Å². The van der Waals surface area contributed by atoms with Gasteiger partial charge in [-0.15, -0.1) is 31.4 Å². The molecule has 1 aliphatic carbocycles. The minimum atomic E-state index is 0. The fraction of sp³-hybridized carbons (Fsp3) is 0.364. The molecule has 1 heterocycles. The van der Waals surface area contributed by atoms with Crippen LogP contribution in [0.25, 0.3) is 11.1 Å². The second-order valence-corrected chi connectivity index (χ2v) is 6.92. The Balaban J connectivity index is 0.00000121. The Kier molecular flexibility index (Phi) is 7.72. The highest BCUT2D eigenvalue weighted by Gasteiger charge is 2.24. The number of rotatable bonds is 5. The summed E-state index contributed by atoms with van der Waals surface area (Å²) in [5.74, 6) is 0. The molecule has 0 aromatic heterocycles. The lowest BCUT2D eigenvalue weighted by Gasteiger charge is -2.35. The quantitative estimate of drug-likeness (QED) is 0.615. The van der Waals surface area contributed by atoms with Gasteiger partial charge in [0.15, 0.2) is 0 Å². The lowest BCUT2D eigenvalue weighted by atomic mass is 9.95. The monoisotopic (exact) mass is 390 g/mol. The van der Waals surface area contributed by atoms with Gasteiger partial charge in [0.2, 0.25) is 0 Å². The van der Waals surface area contributed by atoms with E-state index in [0.717, 1.165) is 45.4 Å². The molecule has 0 unspecified atom stereocenters. The van der Waals surface area contributed by atoms with Crippen molar-refractivity contribution in [2.45, 2.75) is 25.3 Å². The molecule has 140 valence electrons. The summed E-state index contributed by atoms with van der Waals surface area (Å²) < 4.78 is 0. The van der Waals surface area contributed by atoms with Gasteiger partial charge >= 0.3 is 0 Å². The van der Waals surface area contributed by atoms with Crippen molar-refractivity contribution in [1.82, 2.24) is 10.2 Å². The molecule has 1 atom stereocenters. The van der Waals surface area contributed by atoms with Gasteiger partial charge in [-0.3, -0.25) is 4.90 Å². The first-order valence-corrected chi connectivity index (χ1v) is 9.13. The molecule has 1 fully saturated rings. The molecule has 0 amide bonds. The molecule has 0 bridgehead atoms. The maximum atomic E-state index is 3.93. The van der Waals surface area contributed by atoms with Crippen molar-refractivity contribution in [1.29, 1.82) is 0 Å². The van der Waals surface area contributed by atoms with Gasteiger partial charge in [0, 0.05) is 32.2 Å². The number of hydrogen-bond acceptors (Lipinski definition) is 2. The van der Waals surface area contributed by atoms with Crippen molar-refractivity contribution in [2.24, 2.45) is 0 Å². The van der Waals surface area contributed by atoms with Crippen LogP contribution in [0.15, 0.2) is 55.1 Å². The van der Waals surface area contributed by atoms with E-state index >= 15 is 0 Å². The topological polar surface area (TPSA) is 15.3 Å². The minimum absolute atomic E-state index is 0. The highest BCUT2D eigenvalue weighted by molar-refractivity contribution is 5.85. The van der Waals surface area contributed by atoms with Crippen LogP contribution in [-0.2, 0) is 6.42 Å². The molecule has 1 aliphatic heterocycles.